The smallest absolute Gasteiger partial charge is 0.248 e. The summed E-state index contributed by atoms with van der Waals surface area (Å²) in [6.45, 7) is 0. The lowest BCUT2D eigenvalue weighted by atomic mass is 9.99. The van der Waals surface area contributed by atoms with Gasteiger partial charge in [-0.3, -0.25) is 4.79 Å². The highest BCUT2D eigenvalue weighted by molar-refractivity contribution is 5.94. The average Bonchev–Trinajstić information content (AvgIpc) is 2.58. The van der Waals surface area contributed by atoms with E-state index in [9.17, 15) is 4.79 Å². The van der Waals surface area contributed by atoms with Gasteiger partial charge < -0.3 is 10.5 Å². The number of nitrogens with two attached hydrogens (primary N) is 1. The molecule has 0 aliphatic carbocycles. The van der Waals surface area contributed by atoms with Gasteiger partial charge in [-0.05, 0) is 47.9 Å². The van der Waals surface area contributed by atoms with E-state index in [0.717, 1.165) is 22.6 Å². The summed E-state index contributed by atoms with van der Waals surface area (Å²) in [7, 11) is 0. The number of primary amides is 1. The quantitative estimate of drug-likeness (QED) is 0.769. The van der Waals surface area contributed by atoms with Gasteiger partial charge in [-0.2, -0.15) is 0 Å². The molecule has 0 spiro atoms. The topological polar surface area (TPSA) is 52.3 Å². The van der Waals surface area contributed by atoms with Gasteiger partial charge in [-0.15, -0.1) is 0 Å². The fourth-order valence-corrected chi connectivity index (χ4v) is 2.43. The minimum Gasteiger partial charge on any atom is -0.457 e. The molecule has 0 aliphatic rings. The molecule has 0 bridgehead atoms. The summed E-state index contributed by atoms with van der Waals surface area (Å²) in [5.74, 6) is 1.19. The van der Waals surface area contributed by atoms with Crippen molar-refractivity contribution in [3.63, 3.8) is 0 Å². The molecule has 0 aliphatic heterocycles. The molecular weight excluding hydrogens is 286 g/mol. The van der Waals surface area contributed by atoms with Crippen molar-refractivity contribution in [1.82, 2.24) is 0 Å². The van der Waals surface area contributed by atoms with E-state index in [2.05, 4.69) is 0 Å². The van der Waals surface area contributed by atoms with Gasteiger partial charge in [0.1, 0.15) is 11.5 Å². The normalized spacial score (nSPS) is 10.3. The van der Waals surface area contributed by atoms with E-state index >= 15 is 0 Å². The Hall–Kier alpha value is -3.07. The first-order chi connectivity index (χ1) is 11.2. The molecule has 3 aromatic carbocycles. The van der Waals surface area contributed by atoms with Crippen LogP contribution >= 0.6 is 0 Å². The van der Waals surface area contributed by atoms with E-state index < -0.39 is 5.91 Å². The molecule has 23 heavy (non-hydrogen) atoms. The lowest BCUT2D eigenvalue weighted by Gasteiger charge is -2.09. The van der Waals surface area contributed by atoms with Gasteiger partial charge in [0.2, 0.25) is 5.91 Å². The SMILES string of the molecule is NC(=O)c1ccccc1Cc1ccc(Oc2ccccc2)cc1. The molecular formula is C20H17NO2. The van der Waals surface area contributed by atoms with E-state index in [1.54, 1.807) is 6.07 Å². The van der Waals surface area contributed by atoms with E-state index in [1.807, 2.05) is 72.8 Å². The molecule has 1 amide bonds. The number of rotatable bonds is 5. The Labute approximate surface area is 135 Å². The first-order valence-electron chi connectivity index (χ1n) is 7.42. The lowest BCUT2D eigenvalue weighted by molar-refractivity contribution is 0.0999. The van der Waals surface area contributed by atoms with Crippen LogP contribution in [0.2, 0.25) is 0 Å². The van der Waals surface area contributed by atoms with Gasteiger partial charge in [0.15, 0.2) is 0 Å². The summed E-state index contributed by atoms with van der Waals surface area (Å²) >= 11 is 0. The standard InChI is InChI=1S/C20H17NO2/c21-20(22)19-9-5-4-6-16(19)14-15-10-12-18(13-11-15)23-17-7-2-1-3-8-17/h1-13H,14H2,(H2,21,22). The number of hydrogen-bond donors (Lipinski definition) is 1. The molecule has 0 fully saturated rings. The number of ether oxygens (including phenoxy) is 1. The van der Waals surface area contributed by atoms with Crippen LogP contribution in [0.1, 0.15) is 21.5 Å². The van der Waals surface area contributed by atoms with Gasteiger partial charge >= 0.3 is 0 Å². The third-order valence-electron chi connectivity index (χ3n) is 3.58. The molecule has 0 heterocycles. The molecule has 0 saturated heterocycles. The van der Waals surface area contributed by atoms with Crippen molar-refractivity contribution in [2.24, 2.45) is 5.73 Å². The molecule has 2 N–H and O–H groups in total. The van der Waals surface area contributed by atoms with Gasteiger partial charge in [0.25, 0.3) is 0 Å². The Balaban J connectivity index is 1.74. The summed E-state index contributed by atoms with van der Waals surface area (Å²) in [5, 5.41) is 0. The maximum Gasteiger partial charge on any atom is 0.248 e. The zero-order valence-electron chi connectivity index (χ0n) is 12.6. The fraction of sp³-hybridized carbons (Fsp3) is 0.0500. The molecule has 114 valence electrons. The number of benzene rings is 3. The number of carbonyl (C=O) groups is 1. The molecule has 0 aromatic heterocycles. The third-order valence-corrected chi connectivity index (χ3v) is 3.58. The van der Waals surface area contributed by atoms with Crippen LogP contribution in [-0.2, 0) is 6.42 Å². The van der Waals surface area contributed by atoms with Crippen molar-refractivity contribution in [3.05, 3.63) is 95.6 Å². The van der Waals surface area contributed by atoms with Crippen LogP contribution in [-0.4, -0.2) is 5.91 Å². The van der Waals surface area contributed by atoms with E-state index in [-0.39, 0.29) is 0 Å². The minimum absolute atomic E-state index is 0.398. The van der Waals surface area contributed by atoms with Crippen LogP contribution in [0.5, 0.6) is 11.5 Å². The van der Waals surface area contributed by atoms with E-state index in [0.29, 0.717) is 12.0 Å². The van der Waals surface area contributed by atoms with E-state index in [1.165, 1.54) is 0 Å². The summed E-state index contributed by atoms with van der Waals surface area (Å²) in [4.78, 5) is 11.5. The largest absolute Gasteiger partial charge is 0.457 e. The van der Waals surface area contributed by atoms with Crippen molar-refractivity contribution in [2.75, 3.05) is 0 Å². The number of hydrogen-bond acceptors (Lipinski definition) is 2. The highest BCUT2D eigenvalue weighted by atomic mass is 16.5. The third kappa shape index (κ3) is 3.77. The lowest BCUT2D eigenvalue weighted by Crippen LogP contribution is -2.13. The Morgan fingerprint density at radius 3 is 2.09 bits per heavy atom. The highest BCUT2D eigenvalue weighted by Gasteiger charge is 2.07. The van der Waals surface area contributed by atoms with Crippen LogP contribution in [0, 0.1) is 0 Å². The van der Waals surface area contributed by atoms with Crippen LogP contribution in [0.25, 0.3) is 0 Å². The van der Waals surface area contributed by atoms with Crippen LogP contribution in [0.4, 0.5) is 0 Å². The summed E-state index contributed by atoms with van der Waals surface area (Å²) in [5.41, 5.74) is 8.01. The maximum absolute atomic E-state index is 11.5. The number of carbonyl (C=O) groups excluding carboxylic acids is 1. The minimum atomic E-state index is -0.398. The Bertz CT molecular complexity index is 795. The van der Waals surface area contributed by atoms with Gasteiger partial charge in [0, 0.05) is 5.56 Å². The summed E-state index contributed by atoms with van der Waals surface area (Å²) < 4.78 is 5.77. The fourth-order valence-electron chi connectivity index (χ4n) is 2.43. The van der Waals surface area contributed by atoms with Crippen molar-refractivity contribution in [1.29, 1.82) is 0 Å². The van der Waals surface area contributed by atoms with Crippen molar-refractivity contribution < 1.29 is 9.53 Å². The van der Waals surface area contributed by atoms with Crippen LogP contribution in [0.15, 0.2) is 78.9 Å². The second-order valence-electron chi connectivity index (χ2n) is 5.26. The Morgan fingerprint density at radius 1 is 0.783 bits per heavy atom. The molecule has 3 nitrogen and oxygen atoms in total. The molecule has 3 aromatic rings. The molecule has 0 atom stereocenters. The van der Waals surface area contributed by atoms with Gasteiger partial charge in [-0.25, -0.2) is 0 Å². The second-order valence-corrected chi connectivity index (χ2v) is 5.26. The Morgan fingerprint density at radius 2 is 1.39 bits per heavy atom. The Kier molecular flexibility index (Phi) is 4.39. The average molecular weight is 303 g/mol. The van der Waals surface area contributed by atoms with Crippen molar-refractivity contribution >= 4 is 5.91 Å². The zero-order chi connectivity index (χ0) is 16.1. The molecule has 0 saturated carbocycles. The summed E-state index contributed by atoms with van der Waals surface area (Å²) in [6, 6.07) is 24.9. The zero-order valence-corrected chi connectivity index (χ0v) is 12.6. The molecule has 0 unspecified atom stereocenters. The molecule has 0 radical (unpaired) electrons. The highest BCUT2D eigenvalue weighted by Crippen LogP contribution is 2.22. The van der Waals surface area contributed by atoms with Gasteiger partial charge in [0.05, 0.1) is 0 Å². The number of para-hydroxylation sites is 1. The monoisotopic (exact) mass is 303 g/mol. The van der Waals surface area contributed by atoms with Crippen molar-refractivity contribution in [3.8, 4) is 11.5 Å². The molecule has 3 rings (SSSR count). The van der Waals surface area contributed by atoms with Crippen LogP contribution < -0.4 is 10.5 Å². The van der Waals surface area contributed by atoms with E-state index in [4.69, 9.17) is 10.5 Å². The summed E-state index contributed by atoms with van der Waals surface area (Å²) in [6.07, 6.45) is 0.657. The molecule has 3 heteroatoms. The number of amides is 1. The first-order valence-corrected chi connectivity index (χ1v) is 7.42. The second kappa shape index (κ2) is 6.79. The first kappa shape index (κ1) is 14.9. The predicted octanol–water partition coefficient (Wildman–Crippen LogP) is 4.17. The van der Waals surface area contributed by atoms with Crippen LogP contribution in [0.3, 0.4) is 0 Å². The maximum atomic E-state index is 11.5. The van der Waals surface area contributed by atoms with Gasteiger partial charge in [-0.1, -0.05) is 48.5 Å². The predicted molar refractivity (Wildman–Crippen MR) is 90.7 cm³/mol. The van der Waals surface area contributed by atoms with Crippen molar-refractivity contribution in [2.45, 2.75) is 6.42 Å².